The van der Waals surface area contributed by atoms with E-state index in [-0.39, 0.29) is 11.3 Å². The van der Waals surface area contributed by atoms with Gasteiger partial charge < -0.3 is 0 Å². The lowest BCUT2D eigenvalue weighted by Crippen LogP contribution is -2.04. The first kappa shape index (κ1) is 14.7. The molecule has 0 unspecified atom stereocenters. The van der Waals surface area contributed by atoms with E-state index in [0.717, 1.165) is 29.9 Å². The van der Waals surface area contributed by atoms with Gasteiger partial charge in [0.15, 0.2) is 5.78 Å². The Morgan fingerprint density at radius 1 is 1.38 bits per heavy atom. The monoisotopic (exact) mass is 299 g/mol. The van der Waals surface area contributed by atoms with Crippen molar-refractivity contribution in [2.45, 2.75) is 13.1 Å². The molecule has 0 aliphatic rings. The summed E-state index contributed by atoms with van der Waals surface area (Å²) in [5.74, 6) is -0.563. The number of aromatic nitrogens is 2. The van der Waals surface area contributed by atoms with Crippen molar-refractivity contribution in [2.75, 3.05) is 0 Å². The van der Waals surface area contributed by atoms with Crippen molar-refractivity contribution < 1.29 is 22.9 Å². The van der Waals surface area contributed by atoms with Crippen LogP contribution in [0.25, 0.3) is 5.69 Å². The highest BCUT2D eigenvalue weighted by molar-refractivity contribution is 5.98. The average molecular weight is 299 g/mol. The molecule has 0 radical (unpaired) electrons. The number of Topliss-reactive ketones (excluding diaryl/α,β-unsaturated/α-hetero) is 1. The van der Waals surface area contributed by atoms with Gasteiger partial charge in [-0.25, -0.2) is 4.68 Å². The SMILES string of the molecule is CC(=O)c1cc(-n2cc(C(F)(F)F)cn2)ccc1[N+](=O)[O-]. The Labute approximate surface area is 116 Å². The van der Waals surface area contributed by atoms with Gasteiger partial charge >= 0.3 is 6.18 Å². The number of nitrogens with zero attached hydrogens (tertiary/aromatic N) is 3. The molecule has 2 rings (SSSR count). The van der Waals surface area contributed by atoms with Gasteiger partial charge in [-0.1, -0.05) is 0 Å². The van der Waals surface area contributed by atoms with Crippen molar-refractivity contribution >= 4 is 11.5 Å². The van der Waals surface area contributed by atoms with E-state index in [1.54, 1.807) is 0 Å². The Balaban J connectivity index is 2.51. The maximum absolute atomic E-state index is 12.5. The van der Waals surface area contributed by atoms with E-state index in [2.05, 4.69) is 5.10 Å². The molecule has 2 aromatic rings. The molecule has 110 valence electrons. The molecule has 9 heteroatoms. The third kappa shape index (κ3) is 2.91. The molecule has 6 nitrogen and oxygen atoms in total. The highest BCUT2D eigenvalue weighted by Crippen LogP contribution is 2.29. The number of rotatable bonds is 3. The van der Waals surface area contributed by atoms with E-state index in [0.29, 0.717) is 6.20 Å². The highest BCUT2D eigenvalue weighted by atomic mass is 19.4. The smallest absolute Gasteiger partial charge is 0.294 e. The first-order valence-corrected chi connectivity index (χ1v) is 5.62. The summed E-state index contributed by atoms with van der Waals surface area (Å²) in [7, 11) is 0. The van der Waals surface area contributed by atoms with Crippen LogP contribution in [0.1, 0.15) is 22.8 Å². The number of carbonyl (C=O) groups is 1. The Bertz CT molecular complexity index is 722. The van der Waals surface area contributed by atoms with Crippen molar-refractivity contribution in [3.05, 3.63) is 51.8 Å². The first-order chi connectivity index (χ1) is 9.70. The number of alkyl halides is 3. The van der Waals surface area contributed by atoms with Crippen molar-refractivity contribution in [3.8, 4) is 5.69 Å². The number of hydrogen-bond acceptors (Lipinski definition) is 4. The van der Waals surface area contributed by atoms with Crippen LogP contribution in [0.5, 0.6) is 0 Å². The molecule has 0 saturated heterocycles. The molecule has 0 N–H and O–H groups in total. The van der Waals surface area contributed by atoms with Crippen LogP contribution in [0, 0.1) is 10.1 Å². The fourth-order valence-corrected chi connectivity index (χ4v) is 1.72. The predicted molar refractivity (Wildman–Crippen MR) is 65.2 cm³/mol. The van der Waals surface area contributed by atoms with E-state index < -0.39 is 28.1 Å². The van der Waals surface area contributed by atoms with Gasteiger partial charge in [-0.15, -0.1) is 0 Å². The molecule has 0 atom stereocenters. The van der Waals surface area contributed by atoms with Crippen molar-refractivity contribution in [1.82, 2.24) is 9.78 Å². The number of ketones is 1. The summed E-state index contributed by atoms with van der Waals surface area (Å²) in [6, 6.07) is 3.41. The third-order valence-electron chi connectivity index (χ3n) is 2.73. The average Bonchev–Trinajstić information content (AvgIpc) is 2.87. The second kappa shape index (κ2) is 5.00. The maximum Gasteiger partial charge on any atom is 0.419 e. The second-order valence-electron chi connectivity index (χ2n) is 4.19. The van der Waals surface area contributed by atoms with E-state index in [1.165, 1.54) is 6.07 Å². The molecule has 0 spiro atoms. The molecule has 1 heterocycles. The van der Waals surface area contributed by atoms with Crippen molar-refractivity contribution in [2.24, 2.45) is 0 Å². The standard InChI is InChI=1S/C12H8F3N3O3/c1-7(19)10-4-9(2-3-11(10)18(20)21)17-6-8(5-16-17)12(13,14)15/h2-6H,1H3. The number of nitro benzene ring substituents is 1. The molecule has 1 aromatic heterocycles. The minimum atomic E-state index is -4.54. The fourth-order valence-electron chi connectivity index (χ4n) is 1.72. The molecule has 0 aliphatic carbocycles. The summed E-state index contributed by atoms with van der Waals surface area (Å²) in [5, 5.41) is 14.3. The van der Waals surface area contributed by atoms with Crippen molar-refractivity contribution in [1.29, 1.82) is 0 Å². The van der Waals surface area contributed by atoms with Crippen LogP contribution in [-0.2, 0) is 6.18 Å². The summed E-state index contributed by atoms with van der Waals surface area (Å²) >= 11 is 0. The van der Waals surface area contributed by atoms with Crippen LogP contribution in [0.3, 0.4) is 0 Å². The van der Waals surface area contributed by atoms with Gasteiger partial charge in [0.25, 0.3) is 5.69 Å². The van der Waals surface area contributed by atoms with E-state index in [1.807, 2.05) is 0 Å². The van der Waals surface area contributed by atoms with Gasteiger partial charge in [0, 0.05) is 12.3 Å². The minimum Gasteiger partial charge on any atom is -0.294 e. The first-order valence-electron chi connectivity index (χ1n) is 5.62. The minimum absolute atomic E-state index is 0.126. The number of halogens is 3. The van der Waals surface area contributed by atoms with Crippen LogP contribution in [0.4, 0.5) is 18.9 Å². The molecular weight excluding hydrogens is 291 g/mol. The summed E-state index contributed by atoms with van der Waals surface area (Å²) in [6.07, 6.45) is -3.16. The number of benzene rings is 1. The van der Waals surface area contributed by atoms with E-state index in [4.69, 9.17) is 0 Å². The molecule has 21 heavy (non-hydrogen) atoms. The van der Waals surface area contributed by atoms with Crippen molar-refractivity contribution in [3.63, 3.8) is 0 Å². The van der Waals surface area contributed by atoms with Crippen LogP contribution in [0.2, 0.25) is 0 Å². The Morgan fingerprint density at radius 2 is 2.05 bits per heavy atom. The lowest BCUT2D eigenvalue weighted by Gasteiger charge is -2.05. The molecule has 0 bridgehead atoms. The Morgan fingerprint density at radius 3 is 2.52 bits per heavy atom. The maximum atomic E-state index is 12.5. The van der Waals surface area contributed by atoms with Gasteiger partial charge in [0.2, 0.25) is 0 Å². The second-order valence-corrected chi connectivity index (χ2v) is 4.19. The summed E-state index contributed by atoms with van der Waals surface area (Å²) in [5.41, 5.74) is -1.43. The summed E-state index contributed by atoms with van der Waals surface area (Å²) in [6.45, 7) is 1.14. The van der Waals surface area contributed by atoms with Crippen LogP contribution < -0.4 is 0 Å². The van der Waals surface area contributed by atoms with Gasteiger partial charge in [-0.2, -0.15) is 18.3 Å². The van der Waals surface area contributed by atoms with Gasteiger partial charge in [0.05, 0.1) is 27.9 Å². The zero-order chi connectivity index (χ0) is 15.8. The lowest BCUT2D eigenvalue weighted by molar-refractivity contribution is -0.385. The Kier molecular flexibility index (Phi) is 3.50. The van der Waals surface area contributed by atoms with Gasteiger partial charge in [-0.3, -0.25) is 14.9 Å². The Hall–Kier alpha value is -2.71. The molecular formula is C12H8F3N3O3. The van der Waals surface area contributed by atoms with Crippen LogP contribution in [-0.4, -0.2) is 20.5 Å². The lowest BCUT2D eigenvalue weighted by atomic mass is 10.1. The molecule has 0 amide bonds. The van der Waals surface area contributed by atoms with E-state index >= 15 is 0 Å². The zero-order valence-electron chi connectivity index (χ0n) is 10.6. The summed E-state index contributed by atoms with van der Waals surface area (Å²) in [4.78, 5) is 21.5. The quantitative estimate of drug-likeness (QED) is 0.496. The normalized spacial score (nSPS) is 11.4. The van der Waals surface area contributed by atoms with Crippen LogP contribution in [0.15, 0.2) is 30.6 Å². The number of carbonyl (C=O) groups excluding carboxylic acids is 1. The fraction of sp³-hybridized carbons (Fsp3) is 0.167. The largest absolute Gasteiger partial charge is 0.419 e. The summed E-state index contributed by atoms with van der Waals surface area (Å²) < 4.78 is 38.4. The highest BCUT2D eigenvalue weighted by Gasteiger charge is 2.32. The molecule has 0 saturated carbocycles. The predicted octanol–water partition coefficient (Wildman–Crippen LogP) is 3.00. The zero-order valence-corrected chi connectivity index (χ0v) is 10.6. The molecule has 1 aromatic carbocycles. The topological polar surface area (TPSA) is 78.0 Å². The number of hydrogen-bond donors (Lipinski definition) is 0. The van der Waals surface area contributed by atoms with Gasteiger partial charge in [-0.05, 0) is 19.1 Å². The third-order valence-corrected chi connectivity index (χ3v) is 2.73. The number of nitro groups is 1. The van der Waals surface area contributed by atoms with Crippen LogP contribution >= 0.6 is 0 Å². The molecule has 0 aliphatic heterocycles. The molecule has 0 fully saturated rings. The van der Waals surface area contributed by atoms with E-state index in [9.17, 15) is 28.1 Å². The van der Waals surface area contributed by atoms with Gasteiger partial charge in [0.1, 0.15) is 0 Å².